The Bertz CT molecular complexity index is 479. The molecule has 0 atom stereocenters. The predicted molar refractivity (Wildman–Crippen MR) is 87.3 cm³/mol. The van der Waals surface area contributed by atoms with Crippen molar-refractivity contribution in [3.05, 3.63) is 29.3 Å². The fourth-order valence-electron chi connectivity index (χ4n) is 3.11. The summed E-state index contributed by atoms with van der Waals surface area (Å²) in [7, 11) is 0. The number of carbonyl (C=O) groups is 1. The van der Waals surface area contributed by atoms with Crippen LogP contribution < -0.4 is 16.0 Å². The Balaban J connectivity index is 1.95. The summed E-state index contributed by atoms with van der Waals surface area (Å²) in [5, 5.41) is 3.36. The number of nitrogens with one attached hydrogen (secondary N) is 1. The van der Waals surface area contributed by atoms with Gasteiger partial charge in [-0.2, -0.15) is 0 Å². The molecule has 0 unspecified atom stereocenters. The minimum atomic E-state index is -0.169. The van der Waals surface area contributed by atoms with Crippen LogP contribution in [0.2, 0.25) is 0 Å². The first-order chi connectivity index (χ1) is 10.1. The number of nitrogens with zero attached hydrogens (tertiary/aromatic N) is 1. The largest absolute Gasteiger partial charge is 0.371 e. The van der Waals surface area contributed by atoms with E-state index in [1.54, 1.807) is 0 Å². The highest BCUT2D eigenvalue weighted by Gasteiger charge is 2.21. The van der Waals surface area contributed by atoms with Crippen molar-refractivity contribution in [1.29, 1.82) is 0 Å². The van der Waals surface area contributed by atoms with Gasteiger partial charge in [-0.25, -0.2) is 0 Å². The highest BCUT2D eigenvalue weighted by Crippen LogP contribution is 2.28. The van der Waals surface area contributed by atoms with Crippen LogP contribution in [0.1, 0.15) is 37.3 Å². The molecular weight excluding hydrogens is 262 g/mol. The van der Waals surface area contributed by atoms with Gasteiger partial charge in [0.25, 0.3) is 0 Å². The van der Waals surface area contributed by atoms with Gasteiger partial charge < -0.3 is 16.0 Å². The number of anilines is 1. The summed E-state index contributed by atoms with van der Waals surface area (Å²) in [6, 6.07) is 6.71. The Morgan fingerprint density at radius 2 is 2.10 bits per heavy atom. The molecule has 0 saturated carbocycles. The lowest BCUT2D eigenvalue weighted by Crippen LogP contribution is -2.35. The topological polar surface area (TPSA) is 58.4 Å². The van der Waals surface area contributed by atoms with Crippen molar-refractivity contribution in [2.45, 2.75) is 39.7 Å². The van der Waals surface area contributed by atoms with Gasteiger partial charge >= 0.3 is 0 Å². The average Bonchev–Trinajstić information content (AvgIpc) is 2.46. The molecule has 1 aliphatic heterocycles. The lowest BCUT2D eigenvalue weighted by atomic mass is 9.92. The SMILES string of the molecule is CCNCc1ccc(N2CCC(CC(N)=O)CC2)c(C)c1. The van der Waals surface area contributed by atoms with E-state index in [0.29, 0.717) is 12.3 Å². The van der Waals surface area contributed by atoms with Gasteiger partial charge in [0.1, 0.15) is 0 Å². The zero-order valence-corrected chi connectivity index (χ0v) is 13.2. The van der Waals surface area contributed by atoms with Gasteiger partial charge in [-0.15, -0.1) is 0 Å². The molecule has 2 rings (SSSR count). The third-order valence-electron chi connectivity index (χ3n) is 4.29. The second kappa shape index (κ2) is 7.46. The standard InChI is InChI=1S/C17H27N3O/c1-3-19-12-15-4-5-16(13(2)10-15)20-8-6-14(7-9-20)11-17(18)21/h4-5,10,14,19H,3,6-9,11-12H2,1-2H3,(H2,18,21). The van der Waals surface area contributed by atoms with Gasteiger partial charge in [0.15, 0.2) is 0 Å². The third-order valence-corrected chi connectivity index (χ3v) is 4.29. The summed E-state index contributed by atoms with van der Waals surface area (Å²) in [4.78, 5) is 13.4. The molecular formula is C17H27N3O. The number of amides is 1. The van der Waals surface area contributed by atoms with Crippen LogP contribution in [0, 0.1) is 12.8 Å². The van der Waals surface area contributed by atoms with Crippen LogP contribution >= 0.6 is 0 Å². The first kappa shape index (κ1) is 15.8. The zero-order chi connectivity index (χ0) is 15.2. The maximum Gasteiger partial charge on any atom is 0.217 e. The molecule has 1 aromatic rings. The summed E-state index contributed by atoms with van der Waals surface area (Å²) in [6.45, 7) is 8.26. The molecule has 1 fully saturated rings. The first-order valence-electron chi connectivity index (χ1n) is 7.93. The third kappa shape index (κ3) is 4.46. The molecule has 0 aromatic heterocycles. The minimum Gasteiger partial charge on any atom is -0.371 e. The quantitative estimate of drug-likeness (QED) is 0.844. The summed E-state index contributed by atoms with van der Waals surface area (Å²) in [5.74, 6) is 0.296. The van der Waals surface area contributed by atoms with E-state index >= 15 is 0 Å². The van der Waals surface area contributed by atoms with Gasteiger partial charge in [-0.3, -0.25) is 4.79 Å². The van der Waals surface area contributed by atoms with Crippen LogP contribution in [0.5, 0.6) is 0 Å². The number of primary amides is 1. The minimum absolute atomic E-state index is 0.169. The Labute approximate surface area is 127 Å². The van der Waals surface area contributed by atoms with Crippen molar-refractivity contribution >= 4 is 11.6 Å². The van der Waals surface area contributed by atoms with E-state index in [-0.39, 0.29) is 5.91 Å². The second-order valence-corrected chi connectivity index (χ2v) is 6.00. The fourth-order valence-corrected chi connectivity index (χ4v) is 3.11. The van der Waals surface area contributed by atoms with E-state index in [0.717, 1.165) is 39.0 Å². The maximum absolute atomic E-state index is 11.0. The van der Waals surface area contributed by atoms with Gasteiger partial charge in [0.2, 0.25) is 5.91 Å². The van der Waals surface area contributed by atoms with Crippen LogP contribution in [0.4, 0.5) is 5.69 Å². The fraction of sp³-hybridized carbons (Fsp3) is 0.588. The van der Waals surface area contributed by atoms with Gasteiger partial charge in [-0.1, -0.05) is 19.1 Å². The molecule has 21 heavy (non-hydrogen) atoms. The van der Waals surface area contributed by atoms with Crippen molar-refractivity contribution in [2.24, 2.45) is 11.7 Å². The smallest absolute Gasteiger partial charge is 0.217 e. The number of hydrogen-bond donors (Lipinski definition) is 2. The molecule has 0 aliphatic carbocycles. The van der Waals surface area contributed by atoms with Crippen molar-refractivity contribution in [2.75, 3.05) is 24.5 Å². The molecule has 1 saturated heterocycles. The molecule has 1 aromatic carbocycles. The molecule has 4 nitrogen and oxygen atoms in total. The van der Waals surface area contributed by atoms with Crippen LogP contribution in [-0.2, 0) is 11.3 Å². The van der Waals surface area contributed by atoms with Crippen LogP contribution in [-0.4, -0.2) is 25.5 Å². The molecule has 1 heterocycles. The molecule has 4 heteroatoms. The van der Waals surface area contributed by atoms with E-state index in [4.69, 9.17) is 5.73 Å². The highest BCUT2D eigenvalue weighted by atomic mass is 16.1. The normalized spacial score (nSPS) is 16.2. The maximum atomic E-state index is 11.0. The monoisotopic (exact) mass is 289 g/mol. The van der Waals surface area contributed by atoms with Gasteiger partial charge in [0.05, 0.1) is 0 Å². The highest BCUT2D eigenvalue weighted by molar-refractivity contribution is 5.74. The number of hydrogen-bond acceptors (Lipinski definition) is 3. The van der Waals surface area contributed by atoms with E-state index in [9.17, 15) is 4.79 Å². The van der Waals surface area contributed by atoms with Gasteiger partial charge in [-0.05, 0) is 49.4 Å². The van der Waals surface area contributed by atoms with E-state index in [1.165, 1.54) is 16.8 Å². The number of carbonyl (C=O) groups excluding carboxylic acids is 1. The molecule has 1 amide bonds. The van der Waals surface area contributed by atoms with Crippen molar-refractivity contribution in [3.63, 3.8) is 0 Å². The van der Waals surface area contributed by atoms with Crippen LogP contribution in [0.15, 0.2) is 18.2 Å². The second-order valence-electron chi connectivity index (χ2n) is 6.00. The van der Waals surface area contributed by atoms with Crippen molar-refractivity contribution < 1.29 is 4.79 Å². The Hall–Kier alpha value is -1.55. The number of aryl methyl sites for hydroxylation is 1. The molecule has 1 aliphatic rings. The number of rotatable bonds is 6. The summed E-state index contributed by atoms with van der Waals surface area (Å²) in [6.07, 6.45) is 2.65. The zero-order valence-electron chi connectivity index (χ0n) is 13.2. The summed E-state index contributed by atoms with van der Waals surface area (Å²) in [5.41, 5.74) is 9.29. The van der Waals surface area contributed by atoms with E-state index in [1.807, 2.05) is 0 Å². The van der Waals surface area contributed by atoms with Crippen molar-refractivity contribution in [3.8, 4) is 0 Å². The van der Waals surface area contributed by atoms with Crippen LogP contribution in [0.3, 0.4) is 0 Å². The molecule has 0 bridgehead atoms. The number of benzene rings is 1. The number of piperidine rings is 1. The summed E-state index contributed by atoms with van der Waals surface area (Å²) < 4.78 is 0. The van der Waals surface area contributed by atoms with E-state index in [2.05, 4.69) is 42.3 Å². The predicted octanol–water partition coefficient (Wildman–Crippen LogP) is 2.20. The van der Waals surface area contributed by atoms with Crippen molar-refractivity contribution in [1.82, 2.24) is 5.32 Å². The Morgan fingerprint density at radius 3 is 2.67 bits per heavy atom. The Kier molecular flexibility index (Phi) is 5.62. The molecule has 0 radical (unpaired) electrons. The Morgan fingerprint density at radius 1 is 1.38 bits per heavy atom. The summed E-state index contributed by atoms with van der Waals surface area (Å²) >= 11 is 0. The van der Waals surface area contributed by atoms with Gasteiger partial charge in [0, 0.05) is 31.7 Å². The molecule has 3 N–H and O–H groups in total. The number of nitrogens with two attached hydrogens (primary N) is 1. The molecule has 116 valence electrons. The van der Waals surface area contributed by atoms with E-state index < -0.39 is 0 Å². The molecule has 0 spiro atoms. The van der Waals surface area contributed by atoms with Crippen LogP contribution in [0.25, 0.3) is 0 Å². The first-order valence-corrected chi connectivity index (χ1v) is 7.93. The lowest BCUT2D eigenvalue weighted by molar-refractivity contribution is -0.119. The lowest BCUT2D eigenvalue weighted by Gasteiger charge is -2.34. The average molecular weight is 289 g/mol.